The van der Waals surface area contributed by atoms with Crippen molar-refractivity contribution in [2.45, 2.75) is 26.7 Å². The molecule has 106 valence electrons. The second-order valence-electron chi connectivity index (χ2n) is 4.92. The van der Waals surface area contributed by atoms with Crippen LogP contribution in [0, 0.1) is 6.92 Å². The van der Waals surface area contributed by atoms with Crippen molar-refractivity contribution >= 4 is 28.8 Å². The number of hydroxylamine groups is 2. The van der Waals surface area contributed by atoms with Gasteiger partial charge in [-0.1, -0.05) is 24.9 Å². The maximum absolute atomic E-state index is 6.40. The first-order valence-electron chi connectivity index (χ1n) is 6.68. The van der Waals surface area contributed by atoms with E-state index in [1.807, 2.05) is 13.1 Å². The summed E-state index contributed by atoms with van der Waals surface area (Å²) >= 11 is 6.40. The molecule has 0 aromatic carbocycles. The molecule has 0 saturated carbocycles. The summed E-state index contributed by atoms with van der Waals surface area (Å²) in [6.07, 6.45) is 5.69. The normalized spacial score (nSPS) is 16.8. The minimum absolute atomic E-state index is 0.605. The first-order chi connectivity index (χ1) is 9.65. The Balaban J connectivity index is 2.14. The van der Waals surface area contributed by atoms with Crippen molar-refractivity contribution in [3.8, 4) is 0 Å². The third-order valence-corrected chi connectivity index (χ3v) is 3.98. The van der Waals surface area contributed by atoms with E-state index in [9.17, 15) is 0 Å². The summed E-state index contributed by atoms with van der Waals surface area (Å²) in [4.78, 5) is 16.6. The minimum Gasteiger partial charge on any atom is -0.301 e. The van der Waals surface area contributed by atoms with E-state index in [-0.39, 0.29) is 0 Å². The van der Waals surface area contributed by atoms with Crippen LogP contribution in [-0.2, 0) is 4.84 Å². The van der Waals surface area contributed by atoms with Crippen molar-refractivity contribution in [3.05, 3.63) is 28.7 Å². The van der Waals surface area contributed by atoms with Gasteiger partial charge in [0.25, 0.3) is 0 Å². The Labute approximate surface area is 123 Å². The van der Waals surface area contributed by atoms with E-state index in [1.165, 1.54) is 0 Å². The molecule has 0 unspecified atom stereocenters. The number of rotatable bonds is 3. The number of anilines is 1. The summed E-state index contributed by atoms with van der Waals surface area (Å²) in [5, 5.41) is 2.45. The number of aliphatic imine (C=N–C) groups is 1. The molecule has 0 saturated heterocycles. The van der Waals surface area contributed by atoms with Crippen LogP contribution in [0.5, 0.6) is 0 Å². The minimum atomic E-state index is 0.605. The number of pyridine rings is 1. The number of hydrogen-bond donors (Lipinski definition) is 0. The van der Waals surface area contributed by atoms with Gasteiger partial charge in [0.15, 0.2) is 5.82 Å². The van der Waals surface area contributed by atoms with Crippen LogP contribution in [0.1, 0.15) is 25.3 Å². The van der Waals surface area contributed by atoms with Crippen molar-refractivity contribution in [2.75, 3.05) is 18.7 Å². The average molecular weight is 293 g/mol. The lowest BCUT2D eigenvalue weighted by atomic mass is 10.1. The second kappa shape index (κ2) is 5.07. The predicted molar refractivity (Wildman–Crippen MR) is 80.3 cm³/mol. The number of allylic oxidation sites excluding steroid dienone is 1. The molecule has 0 fully saturated rings. The van der Waals surface area contributed by atoms with E-state index in [2.05, 4.69) is 16.8 Å². The lowest BCUT2D eigenvalue weighted by Crippen LogP contribution is -2.31. The van der Waals surface area contributed by atoms with Crippen LogP contribution in [0.25, 0.3) is 0 Å². The van der Waals surface area contributed by atoms with E-state index in [0.29, 0.717) is 11.7 Å². The highest BCUT2D eigenvalue weighted by atomic mass is 35.5. The van der Waals surface area contributed by atoms with Crippen LogP contribution in [0.3, 0.4) is 0 Å². The van der Waals surface area contributed by atoms with Gasteiger partial charge in [-0.3, -0.25) is 4.84 Å². The summed E-state index contributed by atoms with van der Waals surface area (Å²) in [6, 6.07) is 0. The molecule has 0 N–H and O–H groups in total. The maximum atomic E-state index is 6.40. The standard InChI is InChI=1S/C14H17ClN4O/c1-4-5-10-11-7-18(20-3)8-19(11)14-13(17-10)12(15)9(2)6-16-14/h6-7H,4-5,8H2,1-3H3. The summed E-state index contributed by atoms with van der Waals surface area (Å²) in [6.45, 7) is 4.69. The third-order valence-electron chi connectivity index (χ3n) is 3.50. The highest BCUT2D eigenvalue weighted by Crippen LogP contribution is 2.43. The fraction of sp³-hybridized carbons (Fsp3) is 0.429. The van der Waals surface area contributed by atoms with Crippen molar-refractivity contribution in [1.29, 1.82) is 0 Å². The molecule has 5 nitrogen and oxygen atoms in total. The number of aryl methyl sites for hydroxylation is 1. The molecular formula is C14H17ClN4O. The van der Waals surface area contributed by atoms with Crippen molar-refractivity contribution in [2.24, 2.45) is 4.99 Å². The van der Waals surface area contributed by atoms with Crippen LogP contribution in [0.2, 0.25) is 5.02 Å². The maximum Gasteiger partial charge on any atom is 0.162 e. The van der Waals surface area contributed by atoms with Gasteiger partial charge in [0.05, 0.1) is 29.7 Å². The molecule has 2 aliphatic rings. The van der Waals surface area contributed by atoms with Crippen LogP contribution < -0.4 is 4.90 Å². The highest BCUT2D eigenvalue weighted by molar-refractivity contribution is 6.35. The van der Waals surface area contributed by atoms with E-state index in [4.69, 9.17) is 21.4 Å². The van der Waals surface area contributed by atoms with Crippen LogP contribution in [-0.4, -0.2) is 29.5 Å². The summed E-state index contributed by atoms with van der Waals surface area (Å²) < 4.78 is 0. The van der Waals surface area contributed by atoms with Crippen LogP contribution >= 0.6 is 11.6 Å². The van der Waals surface area contributed by atoms with E-state index < -0.39 is 0 Å². The Morgan fingerprint density at radius 2 is 2.25 bits per heavy atom. The zero-order valence-electron chi connectivity index (χ0n) is 11.9. The monoisotopic (exact) mass is 292 g/mol. The zero-order valence-corrected chi connectivity index (χ0v) is 12.6. The molecule has 0 bridgehead atoms. The molecule has 0 amide bonds. The van der Waals surface area contributed by atoms with Gasteiger partial charge in [0.2, 0.25) is 0 Å². The Bertz CT molecular complexity index is 611. The van der Waals surface area contributed by atoms with Crippen LogP contribution in [0.15, 0.2) is 23.1 Å². The number of halogens is 1. The SMILES string of the molecule is CCCC1=Nc2c(ncc(C)c2Cl)N2CN(OC)C=C12. The lowest BCUT2D eigenvalue weighted by molar-refractivity contribution is -0.0790. The molecular weight excluding hydrogens is 276 g/mol. The van der Waals surface area contributed by atoms with Gasteiger partial charge in [-0.15, -0.1) is 0 Å². The molecule has 0 spiro atoms. The molecule has 0 atom stereocenters. The lowest BCUT2D eigenvalue weighted by Gasteiger charge is -2.28. The summed E-state index contributed by atoms with van der Waals surface area (Å²) in [5.74, 6) is 0.797. The molecule has 2 aliphatic heterocycles. The van der Waals surface area contributed by atoms with E-state index in [0.717, 1.165) is 41.3 Å². The van der Waals surface area contributed by atoms with Crippen molar-refractivity contribution in [1.82, 2.24) is 10.0 Å². The van der Waals surface area contributed by atoms with Crippen LogP contribution in [0.4, 0.5) is 11.5 Å². The quantitative estimate of drug-likeness (QED) is 0.856. The van der Waals surface area contributed by atoms with Gasteiger partial charge < -0.3 is 4.90 Å². The molecule has 0 aliphatic carbocycles. The number of hydrogen-bond acceptors (Lipinski definition) is 5. The molecule has 0 radical (unpaired) electrons. The van der Waals surface area contributed by atoms with Gasteiger partial charge in [0, 0.05) is 6.20 Å². The smallest absolute Gasteiger partial charge is 0.162 e. The topological polar surface area (TPSA) is 41.0 Å². The second-order valence-corrected chi connectivity index (χ2v) is 5.30. The van der Waals surface area contributed by atoms with E-state index >= 15 is 0 Å². The molecule has 1 aromatic rings. The van der Waals surface area contributed by atoms with Gasteiger partial charge in [-0.05, 0) is 18.9 Å². The highest BCUT2D eigenvalue weighted by Gasteiger charge is 2.33. The molecule has 1 aromatic heterocycles. The Morgan fingerprint density at radius 3 is 2.95 bits per heavy atom. The fourth-order valence-electron chi connectivity index (χ4n) is 2.45. The zero-order chi connectivity index (χ0) is 14.3. The van der Waals surface area contributed by atoms with Crippen molar-refractivity contribution in [3.63, 3.8) is 0 Å². The molecule has 3 rings (SSSR count). The van der Waals surface area contributed by atoms with Gasteiger partial charge in [0.1, 0.15) is 12.4 Å². The fourth-order valence-corrected chi connectivity index (χ4v) is 2.63. The Morgan fingerprint density at radius 1 is 1.45 bits per heavy atom. The summed E-state index contributed by atoms with van der Waals surface area (Å²) in [7, 11) is 1.66. The van der Waals surface area contributed by atoms with Gasteiger partial charge in [-0.2, -0.15) is 0 Å². The first-order valence-corrected chi connectivity index (χ1v) is 7.06. The third kappa shape index (κ3) is 1.98. The number of nitrogens with zero attached hydrogens (tertiary/aromatic N) is 4. The van der Waals surface area contributed by atoms with E-state index in [1.54, 1.807) is 18.4 Å². The Kier molecular flexibility index (Phi) is 3.40. The molecule has 6 heteroatoms. The number of aromatic nitrogens is 1. The van der Waals surface area contributed by atoms with Gasteiger partial charge in [-0.25, -0.2) is 15.0 Å². The van der Waals surface area contributed by atoms with Gasteiger partial charge >= 0.3 is 0 Å². The number of fused-ring (bicyclic) bond motifs is 3. The summed E-state index contributed by atoms with van der Waals surface area (Å²) in [5.41, 5.74) is 3.80. The largest absolute Gasteiger partial charge is 0.301 e. The molecule has 20 heavy (non-hydrogen) atoms. The first kappa shape index (κ1) is 13.4. The molecule has 3 heterocycles. The van der Waals surface area contributed by atoms with Crippen molar-refractivity contribution < 1.29 is 4.84 Å². The predicted octanol–water partition coefficient (Wildman–Crippen LogP) is 3.41. The Hall–Kier alpha value is -1.59. The average Bonchev–Trinajstić information content (AvgIpc) is 2.88.